The van der Waals surface area contributed by atoms with Gasteiger partial charge in [-0.25, -0.2) is 9.07 Å². The standard InChI is InChI=1S/C24H21FN4O3/c1-3-32-24-27-22(20-9-4-5-10-21(20)25)29(28-24)18-13-11-17(12-14-18)26-23(30)16-7-6-8-19(15-16)31-2/h4-15H,3H2,1-2H3,(H,26,30). The second kappa shape index (κ2) is 9.30. The SMILES string of the molecule is CCOc1nc(-c2ccccc2F)n(-c2ccc(NC(=O)c3cccc(OC)c3)cc2)n1. The molecule has 0 bridgehead atoms. The Balaban J connectivity index is 1.61. The zero-order chi connectivity index (χ0) is 22.5. The smallest absolute Gasteiger partial charge is 0.336 e. The van der Waals surface area contributed by atoms with E-state index in [0.717, 1.165) is 0 Å². The molecule has 4 aromatic rings. The molecule has 0 saturated heterocycles. The Morgan fingerprint density at radius 3 is 2.56 bits per heavy atom. The maximum atomic E-state index is 14.4. The number of carbonyl (C=O) groups excluding carboxylic acids is 1. The van der Waals surface area contributed by atoms with Crippen LogP contribution in [0.4, 0.5) is 10.1 Å². The lowest BCUT2D eigenvalue weighted by molar-refractivity contribution is 0.102. The van der Waals surface area contributed by atoms with Gasteiger partial charge in [-0.05, 0) is 61.5 Å². The minimum Gasteiger partial charge on any atom is -0.497 e. The van der Waals surface area contributed by atoms with E-state index in [2.05, 4.69) is 15.4 Å². The largest absolute Gasteiger partial charge is 0.497 e. The van der Waals surface area contributed by atoms with E-state index in [1.54, 1.807) is 73.8 Å². The van der Waals surface area contributed by atoms with Gasteiger partial charge in [-0.15, -0.1) is 5.10 Å². The topological polar surface area (TPSA) is 78.3 Å². The molecular weight excluding hydrogens is 411 g/mol. The second-order valence-corrected chi connectivity index (χ2v) is 6.78. The van der Waals surface area contributed by atoms with Crippen molar-refractivity contribution >= 4 is 11.6 Å². The van der Waals surface area contributed by atoms with Crippen LogP contribution in [0.1, 0.15) is 17.3 Å². The minimum absolute atomic E-state index is 0.154. The Morgan fingerprint density at radius 2 is 1.84 bits per heavy atom. The third kappa shape index (κ3) is 4.44. The summed E-state index contributed by atoms with van der Waals surface area (Å²) in [5.41, 5.74) is 2.02. The van der Waals surface area contributed by atoms with Crippen molar-refractivity contribution in [3.63, 3.8) is 0 Å². The number of nitrogens with zero attached hydrogens (tertiary/aromatic N) is 3. The molecule has 0 aliphatic heterocycles. The van der Waals surface area contributed by atoms with Gasteiger partial charge in [0.1, 0.15) is 11.6 Å². The normalized spacial score (nSPS) is 10.6. The molecule has 0 fully saturated rings. The van der Waals surface area contributed by atoms with Crippen LogP contribution in [0, 0.1) is 5.82 Å². The summed E-state index contributed by atoms with van der Waals surface area (Å²) in [4.78, 5) is 16.9. The molecule has 0 aliphatic carbocycles. The summed E-state index contributed by atoms with van der Waals surface area (Å²) in [6, 6.07) is 20.4. The summed E-state index contributed by atoms with van der Waals surface area (Å²) in [5, 5.41) is 7.21. The first-order chi connectivity index (χ1) is 15.6. The third-order valence-corrected chi connectivity index (χ3v) is 4.68. The van der Waals surface area contributed by atoms with Crippen LogP contribution in [0.15, 0.2) is 72.8 Å². The lowest BCUT2D eigenvalue weighted by Gasteiger charge is -2.09. The summed E-state index contributed by atoms with van der Waals surface area (Å²) >= 11 is 0. The van der Waals surface area contributed by atoms with Crippen LogP contribution in [0.3, 0.4) is 0 Å². The molecule has 3 aromatic carbocycles. The van der Waals surface area contributed by atoms with E-state index in [1.807, 2.05) is 6.92 Å². The number of aromatic nitrogens is 3. The van der Waals surface area contributed by atoms with Crippen molar-refractivity contribution in [1.82, 2.24) is 14.8 Å². The molecule has 8 heteroatoms. The average Bonchev–Trinajstić information content (AvgIpc) is 3.23. The zero-order valence-corrected chi connectivity index (χ0v) is 17.6. The summed E-state index contributed by atoms with van der Waals surface area (Å²) in [7, 11) is 1.55. The maximum Gasteiger partial charge on any atom is 0.336 e. The van der Waals surface area contributed by atoms with E-state index < -0.39 is 5.82 Å². The quantitative estimate of drug-likeness (QED) is 0.457. The number of ether oxygens (including phenoxy) is 2. The predicted molar refractivity (Wildman–Crippen MR) is 119 cm³/mol. The summed E-state index contributed by atoms with van der Waals surface area (Å²) in [5.74, 6) is 0.249. The fourth-order valence-electron chi connectivity index (χ4n) is 3.13. The van der Waals surface area contributed by atoms with Gasteiger partial charge in [0.25, 0.3) is 5.91 Å². The highest BCUT2D eigenvalue weighted by Gasteiger charge is 2.17. The van der Waals surface area contributed by atoms with Crippen molar-refractivity contribution in [3.05, 3.63) is 84.2 Å². The van der Waals surface area contributed by atoms with E-state index in [1.165, 1.54) is 10.7 Å². The Hall–Kier alpha value is -4.20. The molecule has 0 atom stereocenters. The first kappa shape index (κ1) is 21.0. The molecule has 1 N–H and O–H groups in total. The van der Waals surface area contributed by atoms with E-state index in [-0.39, 0.29) is 11.9 Å². The zero-order valence-electron chi connectivity index (χ0n) is 17.6. The summed E-state index contributed by atoms with van der Waals surface area (Å²) in [6.45, 7) is 2.21. The van der Waals surface area contributed by atoms with Crippen molar-refractivity contribution < 1.29 is 18.7 Å². The van der Waals surface area contributed by atoms with Crippen LogP contribution in [0.25, 0.3) is 17.1 Å². The van der Waals surface area contributed by atoms with Gasteiger partial charge in [0, 0.05) is 11.3 Å². The number of anilines is 1. The van der Waals surface area contributed by atoms with Crippen LogP contribution >= 0.6 is 0 Å². The van der Waals surface area contributed by atoms with Crippen LogP contribution in [0.2, 0.25) is 0 Å². The lowest BCUT2D eigenvalue weighted by atomic mass is 10.2. The number of rotatable bonds is 7. The minimum atomic E-state index is -0.411. The average molecular weight is 432 g/mol. The number of carbonyl (C=O) groups is 1. The van der Waals surface area contributed by atoms with Crippen molar-refractivity contribution in [2.24, 2.45) is 0 Å². The molecule has 0 radical (unpaired) electrons. The molecule has 7 nitrogen and oxygen atoms in total. The highest BCUT2D eigenvalue weighted by atomic mass is 19.1. The highest BCUT2D eigenvalue weighted by Crippen LogP contribution is 2.26. The second-order valence-electron chi connectivity index (χ2n) is 6.78. The molecule has 1 aromatic heterocycles. The van der Waals surface area contributed by atoms with Gasteiger partial charge < -0.3 is 14.8 Å². The Morgan fingerprint density at radius 1 is 1.06 bits per heavy atom. The number of amides is 1. The van der Waals surface area contributed by atoms with Gasteiger partial charge in [-0.1, -0.05) is 18.2 Å². The van der Waals surface area contributed by atoms with Gasteiger partial charge in [-0.2, -0.15) is 4.98 Å². The fraction of sp³-hybridized carbons (Fsp3) is 0.125. The highest BCUT2D eigenvalue weighted by molar-refractivity contribution is 6.04. The summed E-state index contributed by atoms with van der Waals surface area (Å²) < 4.78 is 26.5. The first-order valence-electron chi connectivity index (χ1n) is 9.99. The van der Waals surface area contributed by atoms with Gasteiger partial charge in [-0.3, -0.25) is 4.79 Å². The molecular formula is C24H21FN4O3. The van der Waals surface area contributed by atoms with E-state index in [4.69, 9.17) is 9.47 Å². The number of methoxy groups -OCH3 is 1. The third-order valence-electron chi connectivity index (χ3n) is 4.68. The van der Waals surface area contributed by atoms with Gasteiger partial charge in [0.05, 0.1) is 25.0 Å². The van der Waals surface area contributed by atoms with Crippen LogP contribution in [-0.4, -0.2) is 34.4 Å². The number of benzene rings is 3. The maximum absolute atomic E-state index is 14.4. The predicted octanol–water partition coefficient (Wildman–Crippen LogP) is 4.73. The van der Waals surface area contributed by atoms with Crippen LogP contribution < -0.4 is 14.8 Å². The molecule has 32 heavy (non-hydrogen) atoms. The van der Waals surface area contributed by atoms with Crippen molar-refractivity contribution in [2.45, 2.75) is 6.92 Å². The van der Waals surface area contributed by atoms with Crippen molar-refractivity contribution in [2.75, 3.05) is 19.0 Å². The molecule has 4 rings (SSSR count). The van der Waals surface area contributed by atoms with Gasteiger partial charge in [0.2, 0.25) is 0 Å². The van der Waals surface area contributed by atoms with E-state index in [9.17, 15) is 9.18 Å². The Labute approximate surface area is 184 Å². The molecule has 1 heterocycles. The fourth-order valence-corrected chi connectivity index (χ4v) is 3.13. The van der Waals surface area contributed by atoms with E-state index in [0.29, 0.717) is 40.7 Å². The lowest BCUT2D eigenvalue weighted by Crippen LogP contribution is -2.12. The monoisotopic (exact) mass is 432 g/mol. The molecule has 0 spiro atoms. The van der Waals surface area contributed by atoms with Gasteiger partial charge in [0.15, 0.2) is 5.82 Å². The Bertz CT molecular complexity index is 1240. The van der Waals surface area contributed by atoms with Crippen LogP contribution in [0.5, 0.6) is 11.8 Å². The summed E-state index contributed by atoms with van der Waals surface area (Å²) in [6.07, 6.45) is 0. The molecule has 162 valence electrons. The van der Waals surface area contributed by atoms with Crippen molar-refractivity contribution in [3.8, 4) is 28.8 Å². The molecule has 0 aliphatic rings. The van der Waals surface area contributed by atoms with E-state index >= 15 is 0 Å². The number of hydrogen-bond acceptors (Lipinski definition) is 5. The molecule has 1 amide bonds. The van der Waals surface area contributed by atoms with Crippen molar-refractivity contribution in [1.29, 1.82) is 0 Å². The Kier molecular flexibility index (Phi) is 6.12. The first-order valence-corrected chi connectivity index (χ1v) is 9.99. The van der Waals surface area contributed by atoms with Crippen LogP contribution in [-0.2, 0) is 0 Å². The number of halogens is 1. The van der Waals surface area contributed by atoms with Gasteiger partial charge >= 0.3 is 6.01 Å². The number of nitrogens with one attached hydrogen (secondary N) is 1. The number of hydrogen-bond donors (Lipinski definition) is 1. The molecule has 0 unspecified atom stereocenters. The molecule has 0 saturated carbocycles.